The van der Waals surface area contributed by atoms with Gasteiger partial charge >= 0.3 is 0 Å². The zero-order chi connectivity index (χ0) is 10.4. The van der Waals surface area contributed by atoms with Gasteiger partial charge in [-0.25, -0.2) is 4.98 Å². The molecule has 0 aromatic carbocycles. The molecule has 1 rings (SSSR count). The molecule has 1 heterocycles. The summed E-state index contributed by atoms with van der Waals surface area (Å²) in [5.74, 6) is 0. The fourth-order valence-electron chi connectivity index (χ4n) is 1.06. The molecular weight excluding hydrogens is 248 g/mol. The van der Waals surface area contributed by atoms with E-state index < -0.39 is 0 Å². The average molecular weight is 261 g/mol. The van der Waals surface area contributed by atoms with Crippen LogP contribution in [0.2, 0.25) is 0 Å². The SMILES string of the molecule is CCOCCCn1cncc(Br)c1=O. The van der Waals surface area contributed by atoms with E-state index in [4.69, 9.17) is 4.74 Å². The van der Waals surface area contributed by atoms with Crippen LogP contribution in [0.25, 0.3) is 0 Å². The first-order valence-corrected chi connectivity index (χ1v) is 5.32. The third-order valence-electron chi connectivity index (χ3n) is 1.75. The summed E-state index contributed by atoms with van der Waals surface area (Å²) in [6.45, 7) is 3.99. The molecule has 0 saturated carbocycles. The first-order chi connectivity index (χ1) is 6.75. The smallest absolute Gasteiger partial charge is 0.267 e. The fourth-order valence-corrected chi connectivity index (χ4v) is 1.41. The second kappa shape index (κ2) is 5.93. The van der Waals surface area contributed by atoms with Crippen LogP contribution in [0, 0.1) is 0 Å². The molecule has 0 amide bonds. The zero-order valence-electron chi connectivity index (χ0n) is 8.07. The van der Waals surface area contributed by atoms with E-state index in [0.717, 1.165) is 6.42 Å². The van der Waals surface area contributed by atoms with Crippen LogP contribution in [0.5, 0.6) is 0 Å². The lowest BCUT2D eigenvalue weighted by atomic mass is 10.4. The minimum absolute atomic E-state index is 0.0449. The summed E-state index contributed by atoms with van der Waals surface area (Å²) in [5.41, 5.74) is -0.0449. The van der Waals surface area contributed by atoms with Crippen molar-refractivity contribution in [1.29, 1.82) is 0 Å². The normalized spacial score (nSPS) is 10.4. The number of ether oxygens (including phenoxy) is 1. The highest BCUT2D eigenvalue weighted by Gasteiger charge is 1.99. The van der Waals surface area contributed by atoms with Crippen molar-refractivity contribution in [2.45, 2.75) is 19.9 Å². The Labute approximate surface area is 91.0 Å². The van der Waals surface area contributed by atoms with Crippen molar-refractivity contribution in [2.75, 3.05) is 13.2 Å². The maximum absolute atomic E-state index is 11.5. The maximum atomic E-state index is 11.5. The molecule has 1 aromatic heterocycles. The van der Waals surface area contributed by atoms with E-state index >= 15 is 0 Å². The van der Waals surface area contributed by atoms with Crippen LogP contribution in [0.15, 0.2) is 21.8 Å². The number of aromatic nitrogens is 2. The molecule has 0 aliphatic carbocycles. The minimum Gasteiger partial charge on any atom is -0.382 e. The maximum Gasteiger partial charge on any atom is 0.267 e. The fraction of sp³-hybridized carbons (Fsp3) is 0.556. The quantitative estimate of drug-likeness (QED) is 0.753. The molecule has 0 saturated heterocycles. The number of aryl methyl sites for hydroxylation is 1. The summed E-state index contributed by atoms with van der Waals surface area (Å²) in [5, 5.41) is 0. The van der Waals surface area contributed by atoms with Gasteiger partial charge in [-0.3, -0.25) is 9.36 Å². The van der Waals surface area contributed by atoms with Crippen molar-refractivity contribution in [2.24, 2.45) is 0 Å². The Kier molecular flexibility index (Phi) is 4.82. The van der Waals surface area contributed by atoms with Crippen molar-refractivity contribution in [3.8, 4) is 0 Å². The van der Waals surface area contributed by atoms with Crippen LogP contribution in [-0.2, 0) is 11.3 Å². The lowest BCUT2D eigenvalue weighted by molar-refractivity contribution is 0.141. The number of hydrogen-bond acceptors (Lipinski definition) is 3. The molecule has 78 valence electrons. The molecule has 0 bridgehead atoms. The Hall–Kier alpha value is -0.680. The van der Waals surface area contributed by atoms with Crippen LogP contribution in [0.3, 0.4) is 0 Å². The molecule has 0 fully saturated rings. The Balaban J connectivity index is 2.51. The summed E-state index contributed by atoms with van der Waals surface area (Å²) in [4.78, 5) is 15.4. The number of hydrogen-bond donors (Lipinski definition) is 0. The molecule has 1 aromatic rings. The second-order valence-electron chi connectivity index (χ2n) is 2.79. The summed E-state index contributed by atoms with van der Waals surface area (Å²) in [7, 11) is 0. The van der Waals surface area contributed by atoms with E-state index in [9.17, 15) is 4.79 Å². The van der Waals surface area contributed by atoms with E-state index in [1.54, 1.807) is 10.9 Å². The van der Waals surface area contributed by atoms with Gasteiger partial charge < -0.3 is 4.74 Å². The van der Waals surface area contributed by atoms with E-state index in [1.165, 1.54) is 6.20 Å². The average Bonchev–Trinajstić information content (AvgIpc) is 2.19. The Morgan fingerprint density at radius 2 is 2.43 bits per heavy atom. The molecule has 14 heavy (non-hydrogen) atoms. The van der Waals surface area contributed by atoms with Gasteiger partial charge in [-0.05, 0) is 29.3 Å². The Bertz CT molecular complexity index is 338. The molecule has 0 aliphatic rings. The lowest BCUT2D eigenvalue weighted by Gasteiger charge is -2.04. The molecule has 0 radical (unpaired) electrons. The van der Waals surface area contributed by atoms with Crippen molar-refractivity contribution in [3.63, 3.8) is 0 Å². The van der Waals surface area contributed by atoms with Gasteiger partial charge in [0.05, 0.1) is 6.33 Å². The Morgan fingerprint density at radius 1 is 1.64 bits per heavy atom. The topological polar surface area (TPSA) is 44.1 Å². The highest BCUT2D eigenvalue weighted by Crippen LogP contribution is 1.98. The summed E-state index contributed by atoms with van der Waals surface area (Å²) < 4.78 is 7.25. The van der Waals surface area contributed by atoms with E-state index in [2.05, 4.69) is 20.9 Å². The van der Waals surface area contributed by atoms with Gasteiger partial charge in [-0.1, -0.05) is 0 Å². The second-order valence-corrected chi connectivity index (χ2v) is 3.64. The zero-order valence-corrected chi connectivity index (χ0v) is 9.66. The minimum atomic E-state index is -0.0449. The molecule has 0 spiro atoms. The predicted octanol–water partition coefficient (Wildman–Crippen LogP) is 1.43. The molecule has 4 nitrogen and oxygen atoms in total. The largest absolute Gasteiger partial charge is 0.382 e. The van der Waals surface area contributed by atoms with E-state index in [0.29, 0.717) is 24.2 Å². The van der Waals surface area contributed by atoms with Crippen molar-refractivity contribution < 1.29 is 4.74 Å². The van der Waals surface area contributed by atoms with Gasteiger partial charge in [0.25, 0.3) is 5.56 Å². The highest BCUT2D eigenvalue weighted by molar-refractivity contribution is 9.10. The van der Waals surface area contributed by atoms with Crippen LogP contribution in [0.1, 0.15) is 13.3 Å². The lowest BCUT2D eigenvalue weighted by Crippen LogP contribution is -2.21. The van der Waals surface area contributed by atoms with Gasteiger partial charge in [0, 0.05) is 26.0 Å². The van der Waals surface area contributed by atoms with Crippen LogP contribution < -0.4 is 5.56 Å². The van der Waals surface area contributed by atoms with Crippen molar-refractivity contribution in [3.05, 3.63) is 27.4 Å². The third kappa shape index (κ3) is 3.23. The third-order valence-corrected chi connectivity index (χ3v) is 2.29. The molecular formula is C9H13BrN2O2. The standard InChI is InChI=1S/C9H13BrN2O2/c1-2-14-5-3-4-12-7-11-6-8(10)9(12)13/h6-7H,2-5H2,1H3. The predicted molar refractivity (Wildman–Crippen MR) is 57.3 cm³/mol. The van der Waals surface area contributed by atoms with Gasteiger partial charge in [0.15, 0.2) is 0 Å². The molecule has 0 atom stereocenters. The summed E-state index contributed by atoms with van der Waals surface area (Å²) in [6.07, 6.45) is 3.87. The highest BCUT2D eigenvalue weighted by atomic mass is 79.9. The van der Waals surface area contributed by atoms with Gasteiger partial charge in [0.2, 0.25) is 0 Å². The molecule has 5 heteroatoms. The first-order valence-electron chi connectivity index (χ1n) is 4.53. The van der Waals surface area contributed by atoms with Crippen LogP contribution in [0.4, 0.5) is 0 Å². The summed E-state index contributed by atoms with van der Waals surface area (Å²) >= 11 is 3.14. The van der Waals surface area contributed by atoms with Crippen LogP contribution >= 0.6 is 15.9 Å². The van der Waals surface area contributed by atoms with Crippen molar-refractivity contribution >= 4 is 15.9 Å². The molecule has 0 unspecified atom stereocenters. The van der Waals surface area contributed by atoms with E-state index in [1.807, 2.05) is 6.92 Å². The number of nitrogens with zero attached hydrogens (tertiary/aromatic N) is 2. The monoisotopic (exact) mass is 260 g/mol. The molecule has 0 N–H and O–H groups in total. The van der Waals surface area contributed by atoms with Crippen molar-refractivity contribution in [1.82, 2.24) is 9.55 Å². The molecule has 0 aliphatic heterocycles. The first kappa shape index (κ1) is 11.4. The van der Waals surface area contributed by atoms with Gasteiger partial charge in [0.1, 0.15) is 4.47 Å². The van der Waals surface area contributed by atoms with Gasteiger partial charge in [-0.2, -0.15) is 0 Å². The van der Waals surface area contributed by atoms with Crippen LogP contribution in [-0.4, -0.2) is 22.8 Å². The number of halogens is 1. The Morgan fingerprint density at radius 3 is 3.14 bits per heavy atom. The van der Waals surface area contributed by atoms with Gasteiger partial charge in [-0.15, -0.1) is 0 Å². The number of rotatable bonds is 5. The van der Waals surface area contributed by atoms with E-state index in [-0.39, 0.29) is 5.56 Å². The summed E-state index contributed by atoms with van der Waals surface area (Å²) in [6, 6.07) is 0.